The molecule has 94 valence electrons. The molecule has 0 spiro atoms. The van der Waals surface area contributed by atoms with Gasteiger partial charge in [0.15, 0.2) is 0 Å². The predicted octanol–water partition coefficient (Wildman–Crippen LogP) is 4.10. The Morgan fingerprint density at radius 3 is 2.82 bits per heavy atom. The van der Waals surface area contributed by atoms with E-state index in [1.807, 2.05) is 0 Å². The molecule has 2 rings (SSSR count). The Bertz CT molecular complexity index is 371. The molecule has 1 aliphatic rings. The number of hydrogen-bond acceptors (Lipinski definition) is 2. The second-order valence-corrected chi connectivity index (χ2v) is 6.37. The smallest absolute Gasteiger partial charge is 0.261 e. The van der Waals surface area contributed by atoms with Gasteiger partial charge < -0.3 is 5.32 Å². The number of carbonyl (C=O) groups is 1. The van der Waals surface area contributed by atoms with Crippen molar-refractivity contribution in [3.63, 3.8) is 0 Å². The fourth-order valence-corrected chi connectivity index (χ4v) is 3.37. The predicted molar refractivity (Wildman–Crippen MR) is 72.9 cm³/mol. The third-order valence-corrected chi connectivity index (χ3v) is 4.58. The van der Waals surface area contributed by atoms with Crippen LogP contribution in [0.3, 0.4) is 0 Å². The van der Waals surface area contributed by atoms with Gasteiger partial charge in [-0.2, -0.15) is 0 Å². The zero-order valence-corrected chi connectivity index (χ0v) is 11.4. The summed E-state index contributed by atoms with van der Waals surface area (Å²) >= 11 is 7.12. The highest BCUT2D eigenvalue weighted by atomic mass is 35.5. The zero-order chi connectivity index (χ0) is 12.1. The van der Waals surface area contributed by atoms with Crippen LogP contribution >= 0.6 is 22.9 Å². The van der Waals surface area contributed by atoms with E-state index >= 15 is 0 Å². The minimum Gasteiger partial charge on any atom is -0.351 e. The molecule has 2 nitrogen and oxygen atoms in total. The second kappa shape index (κ2) is 6.41. The molecule has 1 fully saturated rings. The van der Waals surface area contributed by atoms with Crippen LogP contribution in [0.15, 0.2) is 12.1 Å². The summed E-state index contributed by atoms with van der Waals surface area (Å²) in [7, 11) is 0. The minimum atomic E-state index is 0.00771. The maximum absolute atomic E-state index is 11.7. The normalized spacial score (nSPS) is 16.3. The molecule has 0 aromatic carbocycles. The zero-order valence-electron chi connectivity index (χ0n) is 9.88. The molecule has 1 aromatic rings. The van der Waals surface area contributed by atoms with E-state index in [1.165, 1.54) is 43.4 Å². The molecule has 1 N–H and O–H groups in total. The molecular formula is C13H18ClNOS. The third kappa shape index (κ3) is 4.00. The van der Waals surface area contributed by atoms with Gasteiger partial charge in [0.1, 0.15) is 0 Å². The molecular weight excluding hydrogens is 254 g/mol. The highest BCUT2D eigenvalue weighted by Crippen LogP contribution is 2.28. The lowest BCUT2D eigenvalue weighted by molar-refractivity contribution is 0.0956. The van der Waals surface area contributed by atoms with Crippen molar-refractivity contribution in [3.05, 3.63) is 21.3 Å². The SMILES string of the molecule is O=C(NCCCC1CCCC1)c1ccc(Cl)s1. The van der Waals surface area contributed by atoms with Crippen LogP contribution in [0, 0.1) is 5.92 Å². The van der Waals surface area contributed by atoms with Crippen LogP contribution in [0.1, 0.15) is 48.2 Å². The summed E-state index contributed by atoms with van der Waals surface area (Å²) in [6, 6.07) is 3.54. The number of thiophene rings is 1. The first-order valence-electron chi connectivity index (χ1n) is 6.29. The van der Waals surface area contributed by atoms with Gasteiger partial charge in [0.05, 0.1) is 9.21 Å². The molecule has 4 heteroatoms. The van der Waals surface area contributed by atoms with E-state index in [0.29, 0.717) is 9.21 Å². The highest BCUT2D eigenvalue weighted by Gasteiger charge is 2.14. The standard InChI is InChI=1S/C13H18ClNOS/c14-12-8-7-11(17-12)13(16)15-9-3-6-10-4-1-2-5-10/h7-8,10H,1-6,9H2,(H,15,16). The van der Waals surface area contributed by atoms with Gasteiger partial charge >= 0.3 is 0 Å². The van der Waals surface area contributed by atoms with Gasteiger partial charge in [0.2, 0.25) is 0 Å². The van der Waals surface area contributed by atoms with Gasteiger partial charge in [0.25, 0.3) is 5.91 Å². The van der Waals surface area contributed by atoms with E-state index in [0.717, 1.165) is 18.9 Å². The van der Waals surface area contributed by atoms with Crippen LogP contribution in [0.2, 0.25) is 4.34 Å². The first-order chi connectivity index (χ1) is 8.25. The summed E-state index contributed by atoms with van der Waals surface area (Å²) < 4.78 is 0.668. The summed E-state index contributed by atoms with van der Waals surface area (Å²) in [6.45, 7) is 0.783. The number of rotatable bonds is 5. The van der Waals surface area contributed by atoms with Gasteiger partial charge in [-0.25, -0.2) is 0 Å². The van der Waals surface area contributed by atoms with E-state index in [2.05, 4.69) is 5.32 Å². The summed E-state index contributed by atoms with van der Waals surface area (Å²) in [5.74, 6) is 0.913. The molecule has 1 heterocycles. The largest absolute Gasteiger partial charge is 0.351 e. The van der Waals surface area contributed by atoms with Crippen molar-refractivity contribution in [3.8, 4) is 0 Å². The van der Waals surface area contributed by atoms with Gasteiger partial charge in [-0.1, -0.05) is 37.3 Å². The van der Waals surface area contributed by atoms with Crippen molar-refractivity contribution < 1.29 is 4.79 Å². The van der Waals surface area contributed by atoms with Crippen molar-refractivity contribution in [1.29, 1.82) is 0 Å². The molecule has 1 saturated carbocycles. The molecule has 1 aromatic heterocycles. The van der Waals surface area contributed by atoms with Crippen molar-refractivity contribution in [1.82, 2.24) is 5.32 Å². The quantitative estimate of drug-likeness (QED) is 0.803. The Morgan fingerprint density at radius 1 is 1.41 bits per heavy atom. The summed E-state index contributed by atoms with van der Waals surface area (Å²) in [5.41, 5.74) is 0. The van der Waals surface area contributed by atoms with Gasteiger partial charge in [-0.3, -0.25) is 4.79 Å². The average molecular weight is 272 g/mol. The lowest BCUT2D eigenvalue weighted by Gasteiger charge is -2.08. The van der Waals surface area contributed by atoms with Gasteiger partial charge in [-0.15, -0.1) is 11.3 Å². The lowest BCUT2D eigenvalue weighted by Crippen LogP contribution is -2.23. The highest BCUT2D eigenvalue weighted by molar-refractivity contribution is 7.17. The molecule has 17 heavy (non-hydrogen) atoms. The molecule has 0 saturated heterocycles. The number of halogens is 1. The van der Waals surface area contributed by atoms with Crippen LogP contribution in [0.5, 0.6) is 0 Å². The number of nitrogens with one attached hydrogen (secondary N) is 1. The number of hydrogen-bond donors (Lipinski definition) is 1. The molecule has 1 aliphatic carbocycles. The number of carbonyl (C=O) groups excluding carboxylic acids is 1. The Balaban J connectivity index is 1.63. The Labute approximate surface area is 111 Å². The maximum Gasteiger partial charge on any atom is 0.261 e. The molecule has 0 radical (unpaired) electrons. The molecule has 0 bridgehead atoms. The number of amides is 1. The Kier molecular flexibility index (Phi) is 4.86. The Hall–Kier alpha value is -0.540. The third-order valence-electron chi connectivity index (χ3n) is 3.35. The average Bonchev–Trinajstić information content (AvgIpc) is 2.95. The fourth-order valence-electron chi connectivity index (χ4n) is 2.42. The van der Waals surface area contributed by atoms with Gasteiger partial charge in [-0.05, 0) is 30.9 Å². The minimum absolute atomic E-state index is 0.00771. The topological polar surface area (TPSA) is 29.1 Å². The van der Waals surface area contributed by atoms with Crippen molar-refractivity contribution in [2.24, 2.45) is 5.92 Å². The first-order valence-corrected chi connectivity index (χ1v) is 7.48. The molecule has 0 atom stereocenters. The van der Waals surface area contributed by atoms with Crippen LogP contribution in [-0.2, 0) is 0 Å². The van der Waals surface area contributed by atoms with Crippen LogP contribution < -0.4 is 5.32 Å². The van der Waals surface area contributed by atoms with E-state index in [4.69, 9.17) is 11.6 Å². The molecule has 0 aliphatic heterocycles. The van der Waals surface area contributed by atoms with Crippen molar-refractivity contribution in [2.75, 3.05) is 6.54 Å². The summed E-state index contributed by atoms with van der Waals surface area (Å²) in [6.07, 6.45) is 7.90. The monoisotopic (exact) mass is 271 g/mol. The van der Waals surface area contributed by atoms with Crippen LogP contribution in [0.25, 0.3) is 0 Å². The fraction of sp³-hybridized carbons (Fsp3) is 0.615. The summed E-state index contributed by atoms with van der Waals surface area (Å²) in [4.78, 5) is 12.4. The van der Waals surface area contributed by atoms with E-state index < -0.39 is 0 Å². The van der Waals surface area contributed by atoms with Crippen LogP contribution in [0.4, 0.5) is 0 Å². The van der Waals surface area contributed by atoms with E-state index in [1.54, 1.807) is 12.1 Å². The molecule has 1 amide bonds. The van der Waals surface area contributed by atoms with Crippen molar-refractivity contribution >= 4 is 28.8 Å². The maximum atomic E-state index is 11.7. The van der Waals surface area contributed by atoms with Gasteiger partial charge in [0, 0.05) is 6.54 Å². The second-order valence-electron chi connectivity index (χ2n) is 4.65. The lowest BCUT2D eigenvalue weighted by atomic mass is 10.0. The van der Waals surface area contributed by atoms with Crippen LogP contribution in [-0.4, -0.2) is 12.5 Å². The van der Waals surface area contributed by atoms with E-state index in [-0.39, 0.29) is 5.91 Å². The Morgan fingerprint density at radius 2 is 2.18 bits per heavy atom. The summed E-state index contributed by atoms with van der Waals surface area (Å²) in [5, 5.41) is 2.95. The van der Waals surface area contributed by atoms with Crippen molar-refractivity contribution in [2.45, 2.75) is 38.5 Å². The first kappa shape index (κ1) is 12.9. The van der Waals surface area contributed by atoms with E-state index in [9.17, 15) is 4.79 Å². The molecule has 0 unspecified atom stereocenters.